The molecule has 0 bridgehead atoms. The van der Waals surface area contributed by atoms with Gasteiger partial charge < -0.3 is 5.73 Å². The summed E-state index contributed by atoms with van der Waals surface area (Å²) in [5, 5.41) is 12.4. The second kappa shape index (κ2) is 3.70. The first-order valence-electron chi connectivity index (χ1n) is 5.50. The first-order valence-corrected chi connectivity index (χ1v) is 5.88. The van der Waals surface area contributed by atoms with Gasteiger partial charge in [-0.25, -0.2) is 4.68 Å². The van der Waals surface area contributed by atoms with E-state index in [1.165, 1.54) is 0 Å². The minimum absolute atomic E-state index is 0.387. The molecule has 1 aliphatic rings. The summed E-state index contributed by atoms with van der Waals surface area (Å²) in [6.45, 7) is 2.18. The molecule has 1 saturated carbocycles. The average Bonchev–Trinajstić information content (AvgIpc) is 2.85. The Morgan fingerprint density at radius 2 is 2.24 bits per heavy atom. The van der Waals surface area contributed by atoms with Crippen LogP contribution in [0.3, 0.4) is 0 Å². The fourth-order valence-corrected chi connectivity index (χ4v) is 2.15. The average molecular weight is 250 g/mol. The number of nitrogens with zero attached hydrogens (tertiary/aromatic N) is 4. The van der Waals surface area contributed by atoms with Gasteiger partial charge >= 0.3 is 0 Å². The van der Waals surface area contributed by atoms with Crippen molar-refractivity contribution in [1.82, 2.24) is 20.2 Å². The van der Waals surface area contributed by atoms with Crippen LogP contribution in [0, 0.1) is 5.92 Å². The summed E-state index contributed by atoms with van der Waals surface area (Å²) in [5.41, 5.74) is 7.21. The molecule has 2 unspecified atom stereocenters. The van der Waals surface area contributed by atoms with Crippen LogP contribution < -0.4 is 5.73 Å². The number of anilines is 1. The topological polar surface area (TPSA) is 69.6 Å². The molecule has 0 saturated heterocycles. The van der Waals surface area contributed by atoms with Gasteiger partial charge in [0.1, 0.15) is 0 Å². The van der Waals surface area contributed by atoms with Crippen LogP contribution in [0.5, 0.6) is 0 Å². The SMILES string of the molecule is CC1CC1n1nnnc1-c1cc(N)ccc1Cl. The van der Waals surface area contributed by atoms with E-state index in [4.69, 9.17) is 17.3 Å². The maximum Gasteiger partial charge on any atom is 0.183 e. The minimum atomic E-state index is 0.387. The fourth-order valence-electron chi connectivity index (χ4n) is 1.95. The van der Waals surface area contributed by atoms with E-state index in [0.29, 0.717) is 28.5 Å². The third kappa shape index (κ3) is 1.76. The molecule has 6 heteroatoms. The number of benzene rings is 1. The van der Waals surface area contributed by atoms with Crippen LogP contribution in [-0.2, 0) is 0 Å². The second-order valence-electron chi connectivity index (χ2n) is 4.47. The Morgan fingerprint density at radius 3 is 2.94 bits per heavy atom. The number of rotatable bonds is 2. The molecule has 1 heterocycles. The smallest absolute Gasteiger partial charge is 0.183 e. The molecule has 0 aliphatic heterocycles. The highest BCUT2D eigenvalue weighted by molar-refractivity contribution is 6.33. The zero-order valence-electron chi connectivity index (χ0n) is 9.34. The van der Waals surface area contributed by atoms with Crippen molar-refractivity contribution in [2.75, 3.05) is 5.73 Å². The number of halogens is 1. The first kappa shape index (κ1) is 10.5. The van der Waals surface area contributed by atoms with Gasteiger partial charge in [0.05, 0.1) is 11.1 Å². The van der Waals surface area contributed by atoms with E-state index in [2.05, 4.69) is 22.4 Å². The van der Waals surface area contributed by atoms with Crippen molar-refractivity contribution in [2.45, 2.75) is 19.4 Å². The fraction of sp³-hybridized carbons (Fsp3) is 0.364. The van der Waals surface area contributed by atoms with Gasteiger partial charge in [0.25, 0.3) is 0 Å². The Bertz CT molecular complexity index is 565. The quantitative estimate of drug-likeness (QED) is 0.828. The Morgan fingerprint density at radius 1 is 1.47 bits per heavy atom. The molecule has 0 spiro atoms. The van der Waals surface area contributed by atoms with Gasteiger partial charge in [-0.3, -0.25) is 0 Å². The number of aromatic nitrogens is 4. The highest BCUT2D eigenvalue weighted by atomic mass is 35.5. The maximum absolute atomic E-state index is 6.16. The normalized spacial score (nSPS) is 22.7. The zero-order chi connectivity index (χ0) is 12.0. The van der Waals surface area contributed by atoms with Crippen LogP contribution in [0.15, 0.2) is 18.2 Å². The van der Waals surface area contributed by atoms with Crippen molar-refractivity contribution in [2.24, 2.45) is 5.92 Å². The van der Waals surface area contributed by atoms with Crippen molar-refractivity contribution < 1.29 is 0 Å². The molecule has 2 aromatic rings. The maximum atomic E-state index is 6.16. The van der Waals surface area contributed by atoms with Gasteiger partial charge in [-0.05, 0) is 41.0 Å². The lowest BCUT2D eigenvalue weighted by Gasteiger charge is -2.06. The summed E-state index contributed by atoms with van der Waals surface area (Å²) < 4.78 is 1.84. The summed E-state index contributed by atoms with van der Waals surface area (Å²) in [6.07, 6.45) is 1.11. The molecular formula is C11H12ClN5. The molecule has 2 N–H and O–H groups in total. The molecule has 2 atom stereocenters. The number of hydrogen-bond donors (Lipinski definition) is 1. The summed E-state index contributed by atoms with van der Waals surface area (Å²) in [6, 6.07) is 5.72. The van der Waals surface area contributed by atoms with E-state index < -0.39 is 0 Å². The lowest BCUT2D eigenvalue weighted by molar-refractivity contribution is 0.584. The Kier molecular flexibility index (Phi) is 2.29. The molecule has 17 heavy (non-hydrogen) atoms. The van der Waals surface area contributed by atoms with E-state index in [1.54, 1.807) is 18.2 Å². The van der Waals surface area contributed by atoms with Crippen LogP contribution in [-0.4, -0.2) is 20.2 Å². The number of tetrazole rings is 1. The van der Waals surface area contributed by atoms with Crippen LogP contribution in [0.25, 0.3) is 11.4 Å². The van der Waals surface area contributed by atoms with E-state index in [1.807, 2.05) is 4.68 Å². The summed E-state index contributed by atoms with van der Waals surface area (Å²) in [5.74, 6) is 1.31. The number of nitrogen functional groups attached to an aromatic ring is 1. The van der Waals surface area contributed by atoms with E-state index in [0.717, 1.165) is 12.0 Å². The van der Waals surface area contributed by atoms with Crippen molar-refractivity contribution in [3.05, 3.63) is 23.2 Å². The first-order chi connectivity index (χ1) is 8.16. The van der Waals surface area contributed by atoms with Gasteiger partial charge in [0.2, 0.25) is 0 Å². The highest BCUT2D eigenvalue weighted by Crippen LogP contribution is 2.44. The molecule has 5 nitrogen and oxygen atoms in total. The summed E-state index contributed by atoms with van der Waals surface area (Å²) >= 11 is 6.16. The Labute approximate surface area is 104 Å². The van der Waals surface area contributed by atoms with Gasteiger partial charge in [0.15, 0.2) is 5.82 Å². The Balaban J connectivity index is 2.09. The molecule has 0 amide bonds. The van der Waals surface area contributed by atoms with E-state index >= 15 is 0 Å². The molecule has 1 aliphatic carbocycles. The van der Waals surface area contributed by atoms with Crippen molar-refractivity contribution in [3.8, 4) is 11.4 Å². The third-order valence-corrected chi connectivity index (χ3v) is 3.43. The summed E-state index contributed by atoms with van der Waals surface area (Å²) in [4.78, 5) is 0. The summed E-state index contributed by atoms with van der Waals surface area (Å²) in [7, 11) is 0. The number of hydrogen-bond acceptors (Lipinski definition) is 4. The predicted octanol–water partition coefficient (Wildman–Crippen LogP) is 2.16. The molecule has 3 rings (SSSR count). The molecule has 1 aromatic heterocycles. The Hall–Kier alpha value is -1.62. The molecule has 1 fully saturated rings. The van der Waals surface area contributed by atoms with Crippen molar-refractivity contribution in [1.29, 1.82) is 0 Å². The minimum Gasteiger partial charge on any atom is -0.399 e. The van der Waals surface area contributed by atoms with Gasteiger partial charge in [-0.1, -0.05) is 18.5 Å². The molecule has 88 valence electrons. The van der Waals surface area contributed by atoms with Crippen LogP contribution >= 0.6 is 11.6 Å². The van der Waals surface area contributed by atoms with Gasteiger partial charge in [-0.2, -0.15) is 0 Å². The third-order valence-electron chi connectivity index (χ3n) is 3.11. The van der Waals surface area contributed by atoms with Crippen LogP contribution in [0.4, 0.5) is 5.69 Å². The van der Waals surface area contributed by atoms with E-state index in [-0.39, 0.29) is 0 Å². The van der Waals surface area contributed by atoms with E-state index in [9.17, 15) is 0 Å². The predicted molar refractivity (Wildman–Crippen MR) is 65.5 cm³/mol. The molecule has 1 aromatic carbocycles. The molecule has 0 radical (unpaired) electrons. The largest absolute Gasteiger partial charge is 0.399 e. The van der Waals surface area contributed by atoms with Crippen molar-refractivity contribution in [3.63, 3.8) is 0 Å². The highest BCUT2D eigenvalue weighted by Gasteiger charge is 2.37. The monoisotopic (exact) mass is 249 g/mol. The standard InChI is InChI=1S/C11H12ClN5/c1-6-4-10(6)17-11(14-15-16-17)8-5-7(13)2-3-9(8)12/h2-3,5-6,10H,4,13H2,1H3. The van der Waals surface area contributed by atoms with Gasteiger partial charge in [0, 0.05) is 11.3 Å². The van der Waals surface area contributed by atoms with Gasteiger partial charge in [-0.15, -0.1) is 5.10 Å². The van der Waals surface area contributed by atoms with Crippen LogP contribution in [0.2, 0.25) is 5.02 Å². The van der Waals surface area contributed by atoms with Crippen molar-refractivity contribution >= 4 is 17.3 Å². The lowest BCUT2D eigenvalue weighted by atomic mass is 10.2. The zero-order valence-corrected chi connectivity index (χ0v) is 10.1. The second-order valence-corrected chi connectivity index (χ2v) is 4.87. The lowest BCUT2D eigenvalue weighted by Crippen LogP contribution is -2.02. The number of nitrogens with two attached hydrogens (primary N) is 1. The van der Waals surface area contributed by atoms with Crippen LogP contribution in [0.1, 0.15) is 19.4 Å². The molecular weight excluding hydrogens is 238 g/mol.